The van der Waals surface area contributed by atoms with Gasteiger partial charge >= 0.3 is 0 Å². The quantitative estimate of drug-likeness (QED) is 0.650. The van der Waals surface area contributed by atoms with Crippen LogP contribution in [0.1, 0.15) is 27.2 Å². The normalized spacial score (nSPS) is 17.2. The van der Waals surface area contributed by atoms with E-state index in [4.69, 9.17) is 9.72 Å². The monoisotopic (exact) mass is 407 g/mol. The molecule has 2 atom stereocenters. The van der Waals surface area contributed by atoms with Gasteiger partial charge < -0.3 is 19.5 Å². The molecule has 1 aliphatic rings. The Hall–Kier alpha value is -3.09. The molecule has 0 bridgehead atoms. The van der Waals surface area contributed by atoms with E-state index in [0.29, 0.717) is 18.8 Å². The van der Waals surface area contributed by atoms with Gasteiger partial charge in [0.25, 0.3) is 0 Å². The average Bonchev–Trinajstić information content (AvgIpc) is 3.35. The number of aryl methyl sites for hydroxylation is 1. The minimum Gasteiger partial charge on any atom is -0.473 e. The van der Waals surface area contributed by atoms with E-state index in [1.807, 2.05) is 24.6 Å². The first-order chi connectivity index (χ1) is 14.5. The van der Waals surface area contributed by atoms with Gasteiger partial charge in [-0.05, 0) is 39.0 Å². The Labute approximate surface area is 177 Å². The summed E-state index contributed by atoms with van der Waals surface area (Å²) in [6.45, 7) is 8.91. The van der Waals surface area contributed by atoms with Crippen LogP contribution in [-0.4, -0.2) is 46.2 Å². The van der Waals surface area contributed by atoms with E-state index in [0.717, 1.165) is 35.4 Å². The van der Waals surface area contributed by atoms with E-state index in [1.54, 1.807) is 6.33 Å². The standard InChI is InChI=1S/C23H29N5O2/c1-5-28(6-2)18-9-7-16(8-10-18)19-12-20-22(27(4)14-25-20)23(26-19)30-15(3)17-11-21(29)24-13-17/h7-10,12,14-15,17H,5-6,11,13H2,1-4H3,(H,24,29). The number of benzene rings is 1. The van der Waals surface area contributed by atoms with Crippen molar-refractivity contribution in [2.45, 2.75) is 33.3 Å². The van der Waals surface area contributed by atoms with Crippen molar-refractivity contribution in [1.82, 2.24) is 19.9 Å². The lowest BCUT2D eigenvalue weighted by molar-refractivity contribution is -0.119. The summed E-state index contributed by atoms with van der Waals surface area (Å²) in [5.41, 5.74) is 4.76. The van der Waals surface area contributed by atoms with Crippen molar-refractivity contribution in [1.29, 1.82) is 0 Å². The highest BCUT2D eigenvalue weighted by Crippen LogP contribution is 2.31. The number of nitrogens with zero attached hydrogens (tertiary/aromatic N) is 4. The van der Waals surface area contributed by atoms with Crippen molar-refractivity contribution in [3.05, 3.63) is 36.7 Å². The number of anilines is 1. The van der Waals surface area contributed by atoms with Gasteiger partial charge in [-0.1, -0.05) is 12.1 Å². The lowest BCUT2D eigenvalue weighted by Crippen LogP contribution is -2.26. The fourth-order valence-corrected chi connectivity index (χ4v) is 4.03. The van der Waals surface area contributed by atoms with E-state index in [1.165, 1.54) is 5.69 Å². The predicted molar refractivity (Wildman–Crippen MR) is 119 cm³/mol. The highest BCUT2D eigenvalue weighted by Gasteiger charge is 2.29. The van der Waals surface area contributed by atoms with Crippen molar-refractivity contribution in [3.8, 4) is 17.1 Å². The average molecular weight is 408 g/mol. The number of carbonyl (C=O) groups is 1. The molecule has 1 aromatic carbocycles. The molecule has 0 radical (unpaired) electrons. The molecule has 0 spiro atoms. The zero-order valence-electron chi connectivity index (χ0n) is 18.1. The molecule has 3 aromatic rings. The van der Waals surface area contributed by atoms with Crippen molar-refractivity contribution in [3.63, 3.8) is 0 Å². The van der Waals surface area contributed by atoms with Crippen LogP contribution in [0.5, 0.6) is 5.88 Å². The molecule has 1 fully saturated rings. The van der Waals surface area contributed by atoms with Gasteiger partial charge in [0.15, 0.2) is 0 Å². The molecule has 1 N–H and O–H groups in total. The van der Waals surface area contributed by atoms with Crippen LogP contribution in [0, 0.1) is 5.92 Å². The van der Waals surface area contributed by atoms with Crippen LogP contribution >= 0.6 is 0 Å². The summed E-state index contributed by atoms with van der Waals surface area (Å²) in [6.07, 6.45) is 2.13. The molecule has 2 unspecified atom stereocenters. The number of imidazole rings is 1. The van der Waals surface area contributed by atoms with E-state index in [9.17, 15) is 4.79 Å². The maximum atomic E-state index is 11.6. The molecule has 4 rings (SSSR count). The molecule has 158 valence electrons. The molecule has 2 aromatic heterocycles. The number of rotatable bonds is 7. The van der Waals surface area contributed by atoms with Crippen LogP contribution in [-0.2, 0) is 11.8 Å². The Balaban J connectivity index is 1.67. The molecule has 1 amide bonds. The summed E-state index contributed by atoms with van der Waals surface area (Å²) >= 11 is 0. The number of amides is 1. The van der Waals surface area contributed by atoms with Crippen molar-refractivity contribution < 1.29 is 9.53 Å². The van der Waals surface area contributed by atoms with Crippen LogP contribution in [0.15, 0.2) is 36.7 Å². The Bertz CT molecular complexity index is 1040. The molecule has 0 saturated carbocycles. The number of aromatic nitrogens is 3. The fraction of sp³-hybridized carbons (Fsp3) is 0.435. The minimum absolute atomic E-state index is 0.0798. The van der Waals surface area contributed by atoms with E-state index in [2.05, 4.69) is 53.3 Å². The Morgan fingerprint density at radius 2 is 2.00 bits per heavy atom. The number of carbonyl (C=O) groups excluding carboxylic acids is 1. The zero-order valence-corrected chi connectivity index (χ0v) is 18.1. The highest BCUT2D eigenvalue weighted by atomic mass is 16.5. The Morgan fingerprint density at radius 3 is 2.63 bits per heavy atom. The fourth-order valence-electron chi connectivity index (χ4n) is 4.03. The first kappa shape index (κ1) is 20.2. The number of fused-ring (bicyclic) bond motifs is 1. The van der Waals surface area contributed by atoms with Crippen LogP contribution in [0.2, 0.25) is 0 Å². The highest BCUT2D eigenvalue weighted by molar-refractivity contribution is 5.84. The van der Waals surface area contributed by atoms with Crippen molar-refractivity contribution in [2.75, 3.05) is 24.5 Å². The first-order valence-corrected chi connectivity index (χ1v) is 10.6. The van der Waals surface area contributed by atoms with Gasteiger partial charge in [-0.2, -0.15) is 0 Å². The molecule has 0 aliphatic carbocycles. The SMILES string of the molecule is CCN(CC)c1ccc(-c2cc3ncn(C)c3c(OC(C)C3CNC(=O)C3)n2)cc1. The third-order valence-corrected chi connectivity index (χ3v) is 5.93. The van der Waals surface area contributed by atoms with Crippen LogP contribution in [0.4, 0.5) is 5.69 Å². The summed E-state index contributed by atoms with van der Waals surface area (Å²) in [5, 5.41) is 2.88. The van der Waals surface area contributed by atoms with Crippen molar-refractivity contribution >= 4 is 22.6 Å². The molecule has 7 heteroatoms. The maximum Gasteiger partial charge on any atom is 0.241 e. The molecule has 30 heavy (non-hydrogen) atoms. The molecular weight excluding hydrogens is 378 g/mol. The first-order valence-electron chi connectivity index (χ1n) is 10.6. The molecule has 7 nitrogen and oxygen atoms in total. The summed E-state index contributed by atoms with van der Waals surface area (Å²) in [5.74, 6) is 0.776. The van der Waals surface area contributed by atoms with Crippen LogP contribution in [0.25, 0.3) is 22.3 Å². The third kappa shape index (κ3) is 3.84. The van der Waals surface area contributed by atoms with Crippen LogP contribution in [0.3, 0.4) is 0 Å². The number of nitrogens with one attached hydrogen (secondary N) is 1. The summed E-state index contributed by atoms with van der Waals surface area (Å²) < 4.78 is 8.21. The van der Waals surface area contributed by atoms with E-state index < -0.39 is 0 Å². The maximum absolute atomic E-state index is 11.6. The Kier molecular flexibility index (Phi) is 5.61. The smallest absolute Gasteiger partial charge is 0.241 e. The van der Waals surface area contributed by atoms with Crippen molar-refractivity contribution in [2.24, 2.45) is 13.0 Å². The topological polar surface area (TPSA) is 72.3 Å². The second kappa shape index (κ2) is 8.34. The van der Waals surface area contributed by atoms with Gasteiger partial charge in [-0.25, -0.2) is 9.97 Å². The molecular formula is C23H29N5O2. The molecule has 1 saturated heterocycles. The van der Waals surface area contributed by atoms with Crippen LogP contribution < -0.4 is 15.0 Å². The Morgan fingerprint density at radius 1 is 1.27 bits per heavy atom. The number of pyridine rings is 1. The second-order valence-corrected chi connectivity index (χ2v) is 7.85. The lowest BCUT2D eigenvalue weighted by Gasteiger charge is -2.21. The number of ether oxygens (including phenoxy) is 1. The summed E-state index contributed by atoms with van der Waals surface area (Å²) in [4.78, 5) is 23.3. The second-order valence-electron chi connectivity index (χ2n) is 7.85. The molecule has 1 aliphatic heterocycles. The van der Waals surface area contributed by atoms with Gasteiger partial charge in [0.2, 0.25) is 11.8 Å². The predicted octanol–water partition coefficient (Wildman–Crippen LogP) is 3.38. The molecule has 3 heterocycles. The summed E-state index contributed by atoms with van der Waals surface area (Å²) in [7, 11) is 1.94. The largest absolute Gasteiger partial charge is 0.473 e. The van der Waals surface area contributed by atoms with E-state index >= 15 is 0 Å². The van der Waals surface area contributed by atoms with Gasteiger partial charge in [-0.3, -0.25) is 4.79 Å². The van der Waals surface area contributed by atoms with Gasteiger partial charge in [0.05, 0.1) is 17.5 Å². The van der Waals surface area contributed by atoms with Gasteiger partial charge in [0.1, 0.15) is 11.6 Å². The minimum atomic E-state index is -0.130. The number of hydrogen-bond donors (Lipinski definition) is 1. The zero-order chi connectivity index (χ0) is 21.3. The number of hydrogen-bond acceptors (Lipinski definition) is 5. The summed E-state index contributed by atoms with van der Waals surface area (Å²) in [6, 6.07) is 10.5. The van der Waals surface area contributed by atoms with Gasteiger partial charge in [0, 0.05) is 50.3 Å². The van der Waals surface area contributed by atoms with Gasteiger partial charge in [-0.15, -0.1) is 0 Å². The lowest BCUT2D eigenvalue weighted by atomic mass is 10.0. The van der Waals surface area contributed by atoms with E-state index in [-0.39, 0.29) is 17.9 Å². The third-order valence-electron chi connectivity index (χ3n) is 5.93.